The summed E-state index contributed by atoms with van der Waals surface area (Å²) in [6.45, 7) is 1.80. The summed E-state index contributed by atoms with van der Waals surface area (Å²) in [7, 11) is 1.83. The summed E-state index contributed by atoms with van der Waals surface area (Å²) in [5, 5.41) is 12.7. The molecule has 1 aliphatic rings. The van der Waals surface area contributed by atoms with Crippen molar-refractivity contribution >= 4 is 34.5 Å². The SMILES string of the molecule is CN(CCc1ccccc1)c1ncnc(N2CC=C(c3ccc(Cl)cc3)CC2)c1[N+](=O)[O-]. The number of nitrogens with zero attached hydrogens (tertiary/aromatic N) is 5. The quantitative estimate of drug-likeness (QED) is 0.372. The molecule has 164 valence electrons. The van der Waals surface area contributed by atoms with Crippen LogP contribution in [0.15, 0.2) is 67.0 Å². The first-order chi connectivity index (χ1) is 15.5. The van der Waals surface area contributed by atoms with Crippen LogP contribution in [-0.4, -0.2) is 41.6 Å². The molecule has 0 saturated heterocycles. The molecule has 0 fully saturated rings. The third-order valence-electron chi connectivity index (χ3n) is 5.63. The molecule has 32 heavy (non-hydrogen) atoms. The van der Waals surface area contributed by atoms with Gasteiger partial charge in [0.1, 0.15) is 6.33 Å². The minimum absolute atomic E-state index is 0.0496. The number of anilines is 2. The van der Waals surface area contributed by atoms with E-state index in [4.69, 9.17) is 11.6 Å². The highest BCUT2D eigenvalue weighted by Gasteiger charge is 2.29. The predicted octanol–water partition coefficient (Wildman–Crippen LogP) is 5.01. The molecule has 0 bridgehead atoms. The Morgan fingerprint density at radius 3 is 2.53 bits per heavy atom. The fourth-order valence-corrected chi connectivity index (χ4v) is 4.00. The molecule has 4 rings (SSSR count). The van der Waals surface area contributed by atoms with Gasteiger partial charge < -0.3 is 9.80 Å². The molecule has 0 radical (unpaired) electrons. The standard InChI is InChI=1S/C24H24ClN5O2/c1-28(14-11-18-5-3-2-4-6-18)23-22(30(31)32)24(27-17-26-23)29-15-12-20(13-16-29)19-7-9-21(25)10-8-19/h2-10,12,17H,11,13-16H2,1H3. The van der Waals surface area contributed by atoms with Gasteiger partial charge in [-0.05, 0) is 41.7 Å². The van der Waals surface area contributed by atoms with Gasteiger partial charge in [-0.1, -0.05) is 60.1 Å². The van der Waals surface area contributed by atoms with Crippen molar-refractivity contribution in [3.05, 3.63) is 93.3 Å². The third-order valence-corrected chi connectivity index (χ3v) is 5.88. The Morgan fingerprint density at radius 1 is 1.12 bits per heavy atom. The second-order valence-corrected chi connectivity index (χ2v) is 8.15. The second-order valence-electron chi connectivity index (χ2n) is 7.72. The third kappa shape index (κ3) is 4.89. The predicted molar refractivity (Wildman–Crippen MR) is 128 cm³/mol. The molecule has 3 aromatic rings. The van der Waals surface area contributed by atoms with Gasteiger partial charge >= 0.3 is 5.69 Å². The molecule has 0 N–H and O–H groups in total. The van der Waals surface area contributed by atoms with Gasteiger partial charge in [0.25, 0.3) is 0 Å². The number of halogens is 1. The van der Waals surface area contributed by atoms with Crippen LogP contribution in [0.2, 0.25) is 5.02 Å². The fraction of sp³-hybridized carbons (Fsp3) is 0.250. The van der Waals surface area contributed by atoms with Gasteiger partial charge in [-0.25, -0.2) is 9.97 Å². The summed E-state index contributed by atoms with van der Waals surface area (Å²) in [4.78, 5) is 24.0. The van der Waals surface area contributed by atoms with E-state index >= 15 is 0 Å². The van der Waals surface area contributed by atoms with E-state index in [1.807, 2.05) is 71.4 Å². The Kier molecular flexibility index (Phi) is 6.66. The molecule has 0 atom stereocenters. The smallest absolute Gasteiger partial charge is 0.353 e. The van der Waals surface area contributed by atoms with Crippen LogP contribution in [0, 0.1) is 10.1 Å². The van der Waals surface area contributed by atoms with E-state index < -0.39 is 0 Å². The Bertz CT molecular complexity index is 1120. The van der Waals surface area contributed by atoms with Crippen molar-refractivity contribution in [1.29, 1.82) is 0 Å². The molecule has 0 amide bonds. The van der Waals surface area contributed by atoms with Gasteiger partial charge in [0, 0.05) is 31.7 Å². The van der Waals surface area contributed by atoms with Crippen molar-refractivity contribution < 1.29 is 4.92 Å². The van der Waals surface area contributed by atoms with E-state index in [0.717, 1.165) is 18.4 Å². The van der Waals surface area contributed by atoms with E-state index in [-0.39, 0.29) is 10.6 Å². The van der Waals surface area contributed by atoms with Gasteiger partial charge in [-0.2, -0.15) is 0 Å². The maximum absolute atomic E-state index is 12.0. The lowest BCUT2D eigenvalue weighted by Crippen LogP contribution is -2.31. The van der Waals surface area contributed by atoms with Gasteiger partial charge in [0.05, 0.1) is 4.92 Å². The molecule has 7 nitrogen and oxygen atoms in total. The first-order valence-corrected chi connectivity index (χ1v) is 10.8. The fourth-order valence-electron chi connectivity index (χ4n) is 3.87. The summed E-state index contributed by atoms with van der Waals surface area (Å²) >= 11 is 5.99. The Hall–Kier alpha value is -3.45. The normalized spacial score (nSPS) is 13.6. The zero-order chi connectivity index (χ0) is 22.5. The molecule has 1 aliphatic heterocycles. The van der Waals surface area contributed by atoms with Crippen LogP contribution in [0.25, 0.3) is 5.57 Å². The van der Waals surface area contributed by atoms with E-state index in [0.29, 0.717) is 36.3 Å². The molecule has 0 unspecified atom stereocenters. The van der Waals surface area contributed by atoms with Crippen molar-refractivity contribution in [3.8, 4) is 0 Å². The zero-order valence-corrected chi connectivity index (χ0v) is 18.6. The van der Waals surface area contributed by atoms with Gasteiger partial charge in [-0.3, -0.25) is 10.1 Å². The minimum atomic E-state index is -0.373. The van der Waals surface area contributed by atoms with E-state index in [1.165, 1.54) is 17.5 Å². The van der Waals surface area contributed by atoms with Crippen molar-refractivity contribution in [3.63, 3.8) is 0 Å². The lowest BCUT2D eigenvalue weighted by atomic mass is 9.99. The van der Waals surface area contributed by atoms with Gasteiger partial charge in [-0.15, -0.1) is 0 Å². The minimum Gasteiger partial charge on any atom is -0.353 e. The largest absolute Gasteiger partial charge is 0.353 e. The van der Waals surface area contributed by atoms with Crippen LogP contribution in [0.4, 0.5) is 17.3 Å². The van der Waals surface area contributed by atoms with E-state index in [2.05, 4.69) is 16.0 Å². The lowest BCUT2D eigenvalue weighted by molar-refractivity contribution is -0.383. The molecular formula is C24H24ClN5O2. The second kappa shape index (κ2) is 9.78. The summed E-state index contributed by atoms with van der Waals surface area (Å²) < 4.78 is 0. The number of aromatic nitrogens is 2. The van der Waals surface area contributed by atoms with E-state index in [1.54, 1.807) is 0 Å². The number of nitro groups is 1. The van der Waals surface area contributed by atoms with Crippen LogP contribution >= 0.6 is 11.6 Å². The highest BCUT2D eigenvalue weighted by Crippen LogP contribution is 2.35. The molecule has 1 aromatic heterocycles. The van der Waals surface area contributed by atoms with E-state index in [9.17, 15) is 10.1 Å². The van der Waals surface area contributed by atoms with Crippen molar-refractivity contribution in [2.24, 2.45) is 0 Å². The molecule has 2 aromatic carbocycles. The van der Waals surface area contributed by atoms with Crippen LogP contribution in [0.3, 0.4) is 0 Å². The Morgan fingerprint density at radius 2 is 1.88 bits per heavy atom. The molecular weight excluding hydrogens is 426 g/mol. The monoisotopic (exact) mass is 449 g/mol. The van der Waals surface area contributed by atoms with Crippen LogP contribution in [-0.2, 0) is 6.42 Å². The summed E-state index contributed by atoms with van der Waals surface area (Å²) in [5.74, 6) is 0.696. The first kappa shape index (κ1) is 21.8. The number of benzene rings is 2. The average Bonchev–Trinajstić information content (AvgIpc) is 2.83. The Labute approximate surface area is 192 Å². The average molecular weight is 450 g/mol. The van der Waals surface area contributed by atoms with Crippen molar-refractivity contribution in [2.75, 3.05) is 36.5 Å². The topological polar surface area (TPSA) is 75.4 Å². The van der Waals surface area contributed by atoms with Gasteiger partial charge in [0.15, 0.2) is 0 Å². The lowest BCUT2D eigenvalue weighted by Gasteiger charge is -2.28. The number of hydrogen-bond donors (Lipinski definition) is 0. The number of hydrogen-bond acceptors (Lipinski definition) is 6. The highest BCUT2D eigenvalue weighted by atomic mass is 35.5. The highest BCUT2D eigenvalue weighted by molar-refractivity contribution is 6.30. The van der Waals surface area contributed by atoms with Gasteiger partial charge in [0.2, 0.25) is 11.6 Å². The molecule has 0 spiro atoms. The Balaban J connectivity index is 1.54. The molecule has 2 heterocycles. The molecule has 8 heteroatoms. The van der Waals surface area contributed by atoms with Crippen LogP contribution in [0.5, 0.6) is 0 Å². The number of rotatable bonds is 7. The maximum atomic E-state index is 12.0. The van der Waals surface area contributed by atoms with Crippen LogP contribution in [0.1, 0.15) is 17.5 Å². The van der Waals surface area contributed by atoms with Crippen molar-refractivity contribution in [2.45, 2.75) is 12.8 Å². The van der Waals surface area contributed by atoms with Crippen LogP contribution < -0.4 is 9.80 Å². The summed E-state index contributed by atoms with van der Waals surface area (Å²) in [5.41, 5.74) is 3.45. The maximum Gasteiger partial charge on any atom is 0.353 e. The first-order valence-electron chi connectivity index (χ1n) is 10.5. The summed E-state index contributed by atoms with van der Waals surface area (Å²) in [6, 6.07) is 17.8. The zero-order valence-electron chi connectivity index (χ0n) is 17.8. The molecule has 0 aliphatic carbocycles. The summed E-state index contributed by atoms with van der Waals surface area (Å²) in [6.07, 6.45) is 5.04. The number of likely N-dealkylation sites (N-methyl/N-ethyl adjacent to an activating group) is 1. The van der Waals surface area contributed by atoms with Crippen molar-refractivity contribution in [1.82, 2.24) is 9.97 Å². The molecule has 0 saturated carbocycles.